The number of fused-ring (bicyclic) bond motifs is 1. The van der Waals surface area contributed by atoms with Crippen LogP contribution in [0.15, 0.2) is 95.6 Å². The third kappa shape index (κ3) is 4.38. The van der Waals surface area contributed by atoms with E-state index in [0.717, 1.165) is 16.3 Å². The molecule has 1 aliphatic rings. The summed E-state index contributed by atoms with van der Waals surface area (Å²) in [6, 6.07) is 25.1. The molecule has 0 saturated heterocycles. The van der Waals surface area contributed by atoms with Crippen molar-refractivity contribution in [3.05, 3.63) is 113 Å². The Hall–Kier alpha value is -4.45. The topological polar surface area (TPSA) is 57.1 Å². The van der Waals surface area contributed by atoms with Gasteiger partial charge in [-0.1, -0.05) is 54.6 Å². The molecule has 6 heteroatoms. The second-order valence-electron chi connectivity index (χ2n) is 7.69. The third-order valence-electron chi connectivity index (χ3n) is 5.43. The van der Waals surface area contributed by atoms with Gasteiger partial charge in [0, 0.05) is 11.1 Å². The lowest BCUT2D eigenvalue weighted by Crippen LogP contribution is -2.05. The van der Waals surface area contributed by atoms with Crippen LogP contribution in [0.25, 0.3) is 16.8 Å². The molecule has 4 aromatic rings. The number of hydrogen-bond acceptors (Lipinski definition) is 5. The van der Waals surface area contributed by atoms with Crippen LogP contribution in [-0.4, -0.2) is 19.0 Å². The van der Waals surface area contributed by atoms with Crippen LogP contribution in [-0.2, 0) is 16.1 Å². The highest BCUT2D eigenvalue weighted by molar-refractivity contribution is 6.13. The Morgan fingerprint density at radius 2 is 1.74 bits per heavy atom. The van der Waals surface area contributed by atoms with E-state index in [-0.39, 0.29) is 24.0 Å². The molecule has 1 aliphatic heterocycles. The smallest absolute Gasteiger partial charge is 0.363 e. The lowest BCUT2D eigenvalue weighted by atomic mass is 10.1. The zero-order valence-electron chi connectivity index (χ0n) is 18.3. The molecule has 5 rings (SSSR count). The first kappa shape index (κ1) is 21.4. The summed E-state index contributed by atoms with van der Waals surface area (Å²) in [6.07, 6.45) is 1.61. The quantitative estimate of drug-likeness (QED) is 0.269. The molecule has 34 heavy (non-hydrogen) atoms. The largest absolute Gasteiger partial charge is 0.493 e. The standard InChI is InChI=1S/C28H20FNO4/c1-32-25-8-4-7-21(26(25)33-17-18-9-13-23(29)14-10-18)16-24-28(31)34-27(30-24)22-12-11-19-5-2-3-6-20(19)15-22/h2-16H,17H2,1H3/b24-16-. The highest BCUT2D eigenvalue weighted by atomic mass is 19.1. The molecule has 0 atom stereocenters. The number of para-hydroxylation sites is 1. The van der Waals surface area contributed by atoms with Crippen LogP contribution in [0.1, 0.15) is 16.7 Å². The number of nitrogens with zero attached hydrogens (tertiary/aromatic N) is 1. The van der Waals surface area contributed by atoms with Crippen molar-refractivity contribution in [3.63, 3.8) is 0 Å². The molecular weight excluding hydrogens is 433 g/mol. The van der Waals surface area contributed by atoms with Gasteiger partial charge in [-0.3, -0.25) is 0 Å². The average Bonchev–Trinajstić information content (AvgIpc) is 3.23. The zero-order chi connectivity index (χ0) is 23.5. The van der Waals surface area contributed by atoms with Gasteiger partial charge in [0.2, 0.25) is 5.90 Å². The van der Waals surface area contributed by atoms with E-state index in [1.54, 1.807) is 36.4 Å². The van der Waals surface area contributed by atoms with Crippen LogP contribution in [0.5, 0.6) is 11.5 Å². The molecule has 0 unspecified atom stereocenters. The molecule has 5 nitrogen and oxygen atoms in total. The molecule has 0 saturated carbocycles. The molecule has 0 bridgehead atoms. The Bertz CT molecular complexity index is 1440. The number of benzene rings is 4. The van der Waals surface area contributed by atoms with Crippen LogP contribution >= 0.6 is 0 Å². The summed E-state index contributed by atoms with van der Waals surface area (Å²) in [5.41, 5.74) is 2.27. The minimum atomic E-state index is -0.546. The van der Waals surface area contributed by atoms with E-state index >= 15 is 0 Å². The van der Waals surface area contributed by atoms with Crippen LogP contribution < -0.4 is 9.47 Å². The number of halogens is 1. The van der Waals surface area contributed by atoms with Crippen LogP contribution in [0.3, 0.4) is 0 Å². The highest BCUT2D eigenvalue weighted by Crippen LogP contribution is 2.34. The summed E-state index contributed by atoms with van der Waals surface area (Å²) in [7, 11) is 1.54. The molecule has 0 radical (unpaired) electrons. The van der Waals surface area contributed by atoms with Gasteiger partial charge in [-0.2, -0.15) is 0 Å². The van der Waals surface area contributed by atoms with Crippen LogP contribution in [0.2, 0.25) is 0 Å². The SMILES string of the molecule is COc1cccc(/C=C2\N=C(c3ccc4ccccc4c3)OC2=O)c1OCc1ccc(F)cc1. The highest BCUT2D eigenvalue weighted by Gasteiger charge is 2.25. The Labute approximate surface area is 195 Å². The second-order valence-corrected chi connectivity index (χ2v) is 7.69. The number of rotatable bonds is 6. The van der Waals surface area contributed by atoms with Gasteiger partial charge >= 0.3 is 5.97 Å². The van der Waals surface area contributed by atoms with Gasteiger partial charge in [0.05, 0.1) is 7.11 Å². The number of cyclic esters (lactones) is 1. The first-order chi connectivity index (χ1) is 16.6. The Morgan fingerprint density at radius 3 is 2.53 bits per heavy atom. The van der Waals surface area contributed by atoms with Gasteiger partial charge < -0.3 is 14.2 Å². The van der Waals surface area contributed by atoms with E-state index in [1.165, 1.54) is 19.2 Å². The summed E-state index contributed by atoms with van der Waals surface area (Å²) in [4.78, 5) is 17.0. The maximum absolute atomic E-state index is 13.2. The number of carbonyl (C=O) groups is 1. The minimum Gasteiger partial charge on any atom is -0.493 e. The van der Waals surface area contributed by atoms with Gasteiger partial charge in [-0.15, -0.1) is 0 Å². The number of hydrogen-bond donors (Lipinski definition) is 0. The second kappa shape index (κ2) is 9.19. The van der Waals surface area contributed by atoms with Crippen molar-refractivity contribution >= 4 is 28.7 Å². The Morgan fingerprint density at radius 1 is 0.941 bits per heavy atom. The van der Waals surface area contributed by atoms with Crippen molar-refractivity contribution in [2.45, 2.75) is 6.61 Å². The summed E-state index contributed by atoms with van der Waals surface area (Å²) < 4.78 is 30.1. The normalized spacial score (nSPS) is 14.2. The number of carbonyl (C=O) groups excluding carboxylic acids is 1. The summed E-state index contributed by atoms with van der Waals surface area (Å²) >= 11 is 0. The lowest BCUT2D eigenvalue weighted by Gasteiger charge is -2.13. The molecule has 0 N–H and O–H groups in total. The first-order valence-corrected chi connectivity index (χ1v) is 10.7. The molecule has 0 amide bonds. The van der Waals surface area contributed by atoms with Gasteiger partial charge in [0.15, 0.2) is 17.2 Å². The molecule has 1 heterocycles. The summed E-state index contributed by atoms with van der Waals surface area (Å²) in [5.74, 6) is 0.339. The fourth-order valence-electron chi connectivity index (χ4n) is 3.70. The number of ether oxygens (including phenoxy) is 3. The molecule has 0 aromatic heterocycles. The van der Waals surface area contributed by atoms with Crippen molar-refractivity contribution < 1.29 is 23.4 Å². The number of esters is 1. The maximum Gasteiger partial charge on any atom is 0.363 e. The zero-order valence-corrected chi connectivity index (χ0v) is 18.3. The van der Waals surface area contributed by atoms with Crippen molar-refractivity contribution in [3.8, 4) is 11.5 Å². The van der Waals surface area contributed by atoms with E-state index in [1.807, 2.05) is 42.5 Å². The molecule has 168 valence electrons. The third-order valence-corrected chi connectivity index (χ3v) is 5.43. The van der Waals surface area contributed by atoms with Gasteiger partial charge in [-0.25, -0.2) is 14.2 Å². The van der Waals surface area contributed by atoms with Crippen molar-refractivity contribution in [2.75, 3.05) is 7.11 Å². The average molecular weight is 453 g/mol. The van der Waals surface area contributed by atoms with E-state index in [2.05, 4.69) is 4.99 Å². The fourth-order valence-corrected chi connectivity index (χ4v) is 3.70. The molecule has 0 spiro atoms. The molecule has 0 fully saturated rings. The molecule has 4 aromatic carbocycles. The van der Waals surface area contributed by atoms with E-state index in [9.17, 15) is 9.18 Å². The van der Waals surface area contributed by atoms with Crippen molar-refractivity contribution in [1.82, 2.24) is 0 Å². The Balaban J connectivity index is 1.46. The monoisotopic (exact) mass is 453 g/mol. The van der Waals surface area contributed by atoms with Crippen molar-refractivity contribution in [2.24, 2.45) is 4.99 Å². The van der Waals surface area contributed by atoms with E-state index in [0.29, 0.717) is 22.6 Å². The van der Waals surface area contributed by atoms with Crippen LogP contribution in [0.4, 0.5) is 4.39 Å². The molecule has 0 aliphatic carbocycles. The van der Waals surface area contributed by atoms with E-state index < -0.39 is 5.97 Å². The maximum atomic E-state index is 13.2. The van der Waals surface area contributed by atoms with Gasteiger partial charge in [-0.05, 0) is 52.7 Å². The van der Waals surface area contributed by atoms with E-state index in [4.69, 9.17) is 14.2 Å². The number of methoxy groups -OCH3 is 1. The van der Waals surface area contributed by atoms with Crippen molar-refractivity contribution in [1.29, 1.82) is 0 Å². The Kier molecular flexibility index (Phi) is 5.79. The minimum absolute atomic E-state index is 0.156. The predicted molar refractivity (Wildman–Crippen MR) is 128 cm³/mol. The fraction of sp³-hybridized carbons (Fsp3) is 0.0714. The summed E-state index contributed by atoms with van der Waals surface area (Å²) in [6.45, 7) is 0.201. The first-order valence-electron chi connectivity index (χ1n) is 10.7. The summed E-state index contributed by atoms with van der Waals surface area (Å²) in [5, 5.41) is 2.12. The predicted octanol–water partition coefficient (Wildman–Crippen LogP) is 5.91. The molecular formula is C28H20FNO4. The van der Waals surface area contributed by atoms with Gasteiger partial charge in [0.1, 0.15) is 12.4 Å². The lowest BCUT2D eigenvalue weighted by molar-refractivity contribution is -0.129. The van der Waals surface area contributed by atoms with Gasteiger partial charge in [0.25, 0.3) is 0 Å². The number of aliphatic imine (C=N–C) groups is 1. The van der Waals surface area contributed by atoms with Crippen LogP contribution in [0, 0.1) is 5.82 Å².